The quantitative estimate of drug-likeness (QED) is 0.208. The molecular weight excluding hydrogens is 667 g/mol. The van der Waals surface area contributed by atoms with Gasteiger partial charge in [0.1, 0.15) is 0 Å². The Kier molecular flexibility index (Phi) is 13.0. The topological polar surface area (TPSA) is 36.0 Å². The van der Waals surface area contributed by atoms with Crippen molar-refractivity contribution in [3.05, 3.63) is 82.9 Å². The van der Waals surface area contributed by atoms with E-state index in [1.54, 1.807) is 0 Å². The van der Waals surface area contributed by atoms with Crippen LogP contribution in [0, 0.1) is 11.8 Å². The van der Waals surface area contributed by atoms with E-state index in [9.17, 15) is 31.1 Å². The third-order valence-electron chi connectivity index (χ3n) is 8.17. The highest BCUT2D eigenvalue weighted by Crippen LogP contribution is 2.37. The zero-order chi connectivity index (χ0) is 32.4. The molecule has 0 unspecified atom stereocenters. The van der Waals surface area contributed by atoms with Gasteiger partial charge < -0.3 is 9.64 Å². The third-order valence-corrected chi connectivity index (χ3v) is 8.17. The summed E-state index contributed by atoms with van der Waals surface area (Å²) in [6, 6.07) is 14.2. The largest absolute Gasteiger partial charge is 0.416 e. The summed E-state index contributed by atoms with van der Waals surface area (Å²) >= 11 is 0. The smallest absolute Gasteiger partial charge is 0.373 e. The Hall–Kier alpha value is -3.01. The van der Waals surface area contributed by atoms with Crippen LogP contribution in [-0.2, 0) is 23.5 Å². The average Bonchev–Trinajstić information content (AvgIpc) is 2.97. The molecule has 0 radical (unpaired) electrons. The van der Waals surface area contributed by atoms with Crippen molar-refractivity contribution in [2.45, 2.75) is 50.9 Å². The molecule has 0 saturated carbocycles. The van der Waals surface area contributed by atoms with Gasteiger partial charge in [0.2, 0.25) is 0 Å². The Morgan fingerprint density at radius 2 is 1.34 bits per heavy atom. The number of piperazine rings is 1. The number of fused-ring (bicyclic) bond motifs is 1. The summed E-state index contributed by atoms with van der Waals surface area (Å²) in [5, 5.41) is 2.02. The Morgan fingerprint density at radius 1 is 0.766 bits per heavy atom. The van der Waals surface area contributed by atoms with Crippen LogP contribution in [0.25, 0.3) is 10.8 Å². The Balaban J connectivity index is 0.00000300. The lowest BCUT2D eigenvalue weighted by Gasteiger charge is -2.41. The van der Waals surface area contributed by atoms with Crippen molar-refractivity contribution in [3.8, 4) is 11.8 Å². The van der Waals surface area contributed by atoms with Crippen LogP contribution in [0.2, 0.25) is 0 Å². The molecule has 5 rings (SSSR count). The molecule has 2 fully saturated rings. The number of hydrogen-bond acceptors (Lipinski definition) is 4. The van der Waals surface area contributed by atoms with Crippen molar-refractivity contribution in [3.63, 3.8) is 0 Å². The fourth-order valence-electron chi connectivity index (χ4n) is 6.14. The Morgan fingerprint density at radius 3 is 1.94 bits per heavy atom. The molecule has 0 spiro atoms. The summed E-state index contributed by atoms with van der Waals surface area (Å²) in [6.07, 6.45) is -9.47. The first-order valence-corrected chi connectivity index (χ1v) is 14.9. The Labute approximate surface area is 283 Å². The molecule has 0 aromatic heterocycles. The maximum Gasteiger partial charge on any atom is 0.416 e. The first-order chi connectivity index (χ1) is 21.3. The van der Waals surface area contributed by atoms with Crippen LogP contribution in [0.5, 0.6) is 0 Å². The molecule has 0 aliphatic carbocycles. The molecule has 1 amide bonds. The summed E-state index contributed by atoms with van der Waals surface area (Å²) in [6.45, 7) is 7.52. The van der Waals surface area contributed by atoms with E-state index in [-0.39, 0.29) is 49.6 Å². The summed E-state index contributed by atoms with van der Waals surface area (Å²) in [4.78, 5) is 19.4. The molecule has 2 saturated heterocycles. The lowest BCUT2D eigenvalue weighted by atomic mass is 9.97. The van der Waals surface area contributed by atoms with E-state index in [1.165, 1.54) is 4.90 Å². The standard InChI is InChI=1S/C34H35F6N3O2.2ClH/c1-23-20-42(21-24(2)45-23)12-6-5-11-41-13-14-43(31(22-41)16-25-9-10-26-7-3-4-8-27(26)15-25)32(44)28-17-29(33(35,36)37)19-30(18-28)34(38,39)40;;/h3-4,7-10,15,17-19,23-24,31H,11-14,16,20-22H2,1-2H3;2*1H/t23-,24+,31-;;/m1../s1. The molecule has 0 N–H and O–H groups in total. The maximum absolute atomic E-state index is 13.7. The van der Waals surface area contributed by atoms with Gasteiger partial charge in [-0.25, -0.2) is 0 Å². The van der Waals surface area contributed by atoms with E-state index in [4.69, 9.17) is 4.74 Å². The van der Waals surface area contributed by atoms with Crippen LogP contribution in [0.15, 0.2) is 60.7 Å². The number of nitrogens with zero attached hydrogens (tertiary/aromatic N) is 3. The van der Waals surface area contributed by atoms with Crippen molar-refractivity contribution < 1.29 is 35.9 Å². The van der Waals surface area contributed by atoms with E-state index in [2.05, 4.69) is 21.6 Å². The van der Waals surface area contributed by atoms with Crippen LogP contribution >= 0.6 is 24.8 Å². The van der Waals surface area contributed by atoms with Crippen LogP contribution in [-0.4, -0.2) is 84.7 Å². The number of carbonyl (C=O) groups is 1. The number of amides is 1. The summed E-state index contributed by atoms with van der Waals surface area (Å²) in [7, 11) is 0. The lowest BCUT2D eigenvalue weighted by molar-refractivity contribution is -0.143. The van der Waals surface area contributed by atoms with Crippen molar-refractivity contribution in [2.75, 3.05) is 45.8 Å². The molecule has 47 heavy (non-hydrogen) atoms. The van der Waals surface area contributed by atoms with Crippen molar-refractivity contribution in [1.82, 2.24) is 14.7 Å². The highest BCUT2D eigenvalue weighted by molar-refractivity contribution is 5.95. The van der Waals surface area contributed by atoms with E-state index in [0.29, 0.717) is 44.7 Å². The summed E-state index contributed by atoms with van der Waals surface area (Å²) in [5.41, 5.74) is -2.75. The van der Waals surface area contributed by atoms with E-state index >= 15 is 0 Å². The summed E-state index contributed by atoms with van der Waals surface area (Å²) < 4.78 is 87.2. The van der Waals surface area contributed by atoms with Gasteiger partial charge in [-0.3, -0.25) is 14.6 Å². The van der Waals surface area contributed by atoms with Gasteiger partial charge in [-0.05, 0) is 54.8 Å². The summed E-state index contributed by atoms with van der Waals surface area (Å²) in [5.74, 6) is 5.56. The second-order valence-corrected chi connectivity index (χ2v) is 11.9. The predicted molar refractivity (Wildman–Crippen MR) is 174 cm³/mol. The zero-order valence-electron chi connectivity index (χ0n) is 25.9. The van der Waals surface area contributed by atoms with E-state index < -0.39 is 41.0 Å². The average molecular weight is 705 g/mol. The number of rotatable bonds is 5. The zero-order valence-corrected chi connectivity index (χ0v) is 27.5. The number of morpholine rings is 1. The first-order valence-electron chi connectivity index (χ1n) is 14.9. The molecule has 3 atom stereocenters. The first kappa shape index (κ1) is 38.4. The van der Waals surface area contributed by atoms with Gasteiger partial charge in [0.15, 0.2) is 0 Å². The number of carbonyl (C=O) groups excluding carboxylic acids is 1. The predicted octanol–water partition coefficient (Wildman–Crippen LogP) is 7.20. The minimum absolute atomic E-state index is 0. The van der Waals surface area contributed by atoms with Crippen LogP contribution in [0.4, 0.5) is 26.3 Å². The number of hydrogen-bond donors (Lipinski definition) is 0. The van der Waals surface area contributed by atoms with E-state index in [0.717, 1.165) is 29.4 Å². The van der Waals surface area contributed by atoms with Gasteiger partial charge in [0.05, 0.1) is 36.4 Å². The molecule has 256 valence electrons. The van der Waals surface area contributed by atoms with Gasteiger partial charge in [-0.15, -0.1) is 24.8 Å². The fraction of sp³-hybridized carbons (Fsp3) is 0.441. The van der Waals surface area contributed by atoms with Crippen LogP contribution < -0.4 is 0 Å². The van der Waals surface area contributed by atoms with Crippen molar-refractivity contribution >= 4 is 41.5 Å². The molecule has 2 aliphatic rings. The van der Waals surface area contributed by atoms with Gasteiger partial charge in [-0.1, -0.05) is 54.3 Å². The monoisotopic (exact) mass is 703 g/mol. The minimum Gasteiger partial charge on any atom is -0.373 e. The second-order valence-electron chi connectivity index (χ2n) is 11.9. The van der Waals surface area contributed by atoms with Gasteiger partial charge in [0, 0.05) is 44.3 Å². The fourth-order valence-corrected chi connectivity index (χ4v) is 6.14. The van der Waals surface area contributed by atoms with Gasteiger partial charge >= 0.3 is 12.4 Å². The SMILES string of the molecule is C[C@@H]1CN(CC#CCN2CCN(C(=O)c3cc(C(F)(F)F)cc(C(F)(F)F)c3)[C@H](Cc3ccc4ccccc4c3)C2)C[C@H](C)O1.Cl.Cl. The van der Waals surface area contributed by atoms with Crippen LogP contribution in [0.3, 0.4) is 0 Å². The highest BCUT2D eigenvalue weighted by Gasteiger charge is 2.39. The number of alkyl halides is 6. The maximum atomic E-state index is 13.7. The second kappa shape index (κ2) is 15.9. The molecule has 2 aliphatic heterocycles. The highest BCUT2D eigenvalue weighted by atomic mass is 35.5. The lowest BCUT2D eigenvalue weighted by Crippen LogP contribution is -2.56. The van der Waals surface area contributed by atoms with Crippen LogP contribution in [0.1, 0.15) is 40.9 Å². The number of halogens is 8. The molecule has 13 heteroatoms. The van der Waals surface area contributed by atoms with Crippen molar-refractivity contribution in [1.29, 1.82) is 0 Å². The molecule has 0 bridgehead atoms. The Bertz CT molecular complexity index is 1550. The number of ether oxygens (including phenoxy) is 1. The molecule has 3 aromatic carbocycles. The third kappa shape index (κ3) is 10.00. The molecule has 2 heterocycles. The minimum atomic E-state index is -5.05. The van der Waals surface area contributed by atoms with Crippen molar-refractivity contribution in [2.24, 2.45) is 0 Å². The normalized spacial score (nSPS) is 20.9. The van der Waals surface area contributed by atoms with Gasteiger partial charge in [0.25, 0.3) is 5.91 Å². The molecule has 5 nitrogen and oxygen atoms in total. The van der Waals surface area contributed by atoms with Gasteiger partial charge in [-0.2, -0.15) is 26.3 Å². The van der Waals surface area contributed by atoms with E-state index in [1.807, 2.05) is 56.3 Å². The molecule has 3 aromatic rings. The molecular formula is C34H37Cl2F6N3O2. The number of benzene rings is 3.